The van der Waals surface area contributed by atoms with E-state index in [9.17, 15) is 9.18 Å². The number of amides is 1. The second-order valence-corrected chi connectivity index (χ2v) is 5.25. The van der Waals surface area contributed by atoms with Crippen LogP contribution in [0.4, 0.5) is 4.39 Å². The van der Waals surface area contributed by atoms with Gasteiger partial charge in [-0.2, -0.15) is 4.98 Å². The van der Waals surface area contributed by atoms with Crippen molar-refractivity contribution in [2.24, 2.45) is 0 Å². The topological polar surface area (TPSA) is 68.0 Å². The monoisotopic (exact) mass is 325 g/mol. The van der Waals surface area contributed by atoms with E-state index in [-0.39, 0.29) is 11.7 Å². The van der Waals surface area contributed by atoms with Crippen molar-refractivity contribution >= 4 is 5.91 Å². The maximum atomic E-state index is 12.8. The fraction of sp³-hybridized carbons (Fsp3) is 0.167. The number of aryl methyl sites for hydroxylation is 1. The average molecular weight is 325 g/mol. The largest absolute Gasteiger partial charge is 0.348 e. The van der Waals surface area contributed by atoms with Gasteiger partial charge in [0.2, 0.25) is 11.7 Å². The molecule has 1 amide bonds. The molecule has 0 unspecified atom stereocenters. The van der Waals surface area contributed by atoms with Gasteiger partial charge in [0, 0.05) is 24.1 Å². The van der Waals surface area contributed by atoms with Crippen molar-refractivity contribution in [3.8, 4) is 11.4 Å². The molecule has 0 aliphatic heterocycles. The molecule has 0 fully saturated rings. The Morgan fingerprint density at radius 2 is 1.83 bits per heavy atom. The molecule has 6 heteroatoms. The van der Waals surface area contributed by atoms with Crippen molar-refractivity contribution in [2.75, 3.05) is 0 Å². The lowest BCUT2D eigenvalue weighted by molar-refractivity contribution is 0.0951. The summed E-state index contributed by atoms with van der Waals surface area (Å²) >= 11 is 0. The van der Waals surface area contributed by atoms with E-state index in [4.69, 9.17) is 4.52 Å². The molecule has 3 aromatic rings. The number of rotatable bonds is 5. The zero-order valence-corrected chi connectivity index (χ0v) is 13.1. The number of benzene rings is 2. The molecule has 0 spiro atoms. The Balaban J connectivity index is 1.64. The summed E-state index contributed by atoms with van der Waals surface area (Å²) in [7, 11) is 0. The molecule has 0 atom stereocenters. The molecule has 1 N–H and O–H groups in total. The van der Waals surface area contributed by atoms with Gasteiger partial charge in [-0.05, 0) is 29.8 Å². The third kappa shape index (κ3) is 3.65. The fourth-order valence-electron chi connectivity index (χ4n) is 2.17. The average Bonchev–Trinajstić information content (AvgIpc) is 3.10. The lowest BCUT2D eigenvalue weighted by atomic mass is 10.1. The zero-order valence-electron chi connectivity index (χ0n) is 13.1. The van der Waals surface area contributed by atoms with Gasteiger partial charge in [-0.3, -0.25) is 4.79 Å². The van der Waals surface area contributed by atoms with Gasteiger partial charge in [-0.15, -0.1) is 0 Å². The summed E-state index contributed by atoms with van der Waals surface area (Å²) in [5, 5.41) is 6.69. The molecule has 0 saturated carbocycles. The van der Waals surface area contributed by atoms with Crippen LogP contribution in [0.3, 0.4) is 0 Å². The van der Waals surface area contributed by atoms with E-state index in [1.54, 1.807) is 36.4 Å². The number of carbonyl (C=O) groups is 1. The summed E-state index contributed by atoms with van der Waals surface area (Å²) in [4.78, 5) is 16.4. The smallest absolute Gasteiger partial charge is 0.251 e. The Morgan fingerprint density at radius 3 is 2.46 bits per heavy atom. The predicted molar refractivity (Wildman–Crippen MR) is 86.7 cm³/mol. The number of carbonyl (C=O) groups excluding carboxylic acids is 1. The standard InChI is InChI=1S/C18H16FN3O2/c1-2-16-21-17(22-24-16)13-5-7-14(8-6-13)18(23)20-11-12-3-9-15(19)10-4-12/h3-10H,2,11H2,1H3,(H,20,23). The van der Waals surface area contributed by atoms with Crippen molar-refractivity contribution in [3.05, 3.63) is 71.4 Å². The molecule has 5 nitrogen and oxygen atoms in total. The summed E-state index contributed by atoms with van der Waals surface area (Å²) in [6.07, 6.45) is 0.677. The van der Waals surface area contributed by atoms with Gasteiger partial charge < -0.3 is 9.84 Å². The highest BCUT2D eigenvalue weighted by atomic mass is 19.1. The molecule has 0 saturated heterocycles. The van der Waals surface area contributed by atoms with Crippen LogP contribution in [0.25, 0.3) is 11.4 Å². The van der Waals surface area contributed by atoms with Crippen LogP contribution in [0.2, 0.25) is 0 Å². The minimum Gasteiger partial charge on any atom is -0.348 e. The Labute approximate surface area is 138 Å². The van der Waals surface area contributed by atoms with Crippen molar-refractivity contribution in [3.63, 3.8) is 0 Å². The van der Waals surface area contributed by atoms with Crippen LogP contribution >= 0.6 is 0 Å². The first-order valence-corrected chi connectivity index (χ1v) is 7.61. The lowest BCUT2D eigenvalue weighted by Gasteiger charge is -2.06. The van der Waals surface area contributed by atoms with Crippen molar-refractivity contribution in [1.29, 1.82) is 0 Å². The van der Waals surface area contributed by atoms with Gasteiger partial charge >= 0.3 is 0 Å². The van der Waals surface area contributed by atoms with E-state index in [0.717, 1.165) is 11.1 Å². The molecular formula is C18H16FN3O2. The first-order chi connectivity index (χ1) is 11.7. The Morgan fingerprint density at radius 1 is 1.12 bits per heavy atom. The van der Waals surface area contributed by atoms with Gasteiger partial charge in [0.05, 0.1) is 0 Å². The summed E-state index contributed by atoms with van der Waals surface area (Å²) < 4.78 is 17.9. The van der Waals surface area contributed by atoms with Crippen LogP contribution in [0, 0.1) is 5.82 Å². The van der Waals surface area contributed by atoms with E-state index in [1.165, 1.54) is 12.1 Å². The minimum absolute atomic E-state index is 0.201. The molecule has 1 aromatic heterocycles. The molecule has 122 valence electrons. The normalized spacial score (nSPS) is 10.6. The lowest BCUT2D eigenvalue weighted by Crippen LogP contribution is -2.22. The summed E-state index contributed by atoms with van der Waals surface area (Å²) in [5.74, 6) is 0.581. The second-order valence-electron chi connectivity index (χ2n) is 5.25. The highest BCUT2D eigenvalue weighted by Gasteiger charge is 2.09. The SMILES string of the molecule is CCc1nc(-c2ccc(C(=O)NCc3ccc(F)cc3)cc2)no1. The first kappa shape index (κ1) is 15.9. The minimum atomic E-state index is -0.298. The van der Waals surface area contributed by atoms with Gasteiger partial charge in [-0.1, -0.05) is 36.3 Å². The number of hydrogen-bond donors (Lipinski definition) is 1. The Kier molecular flexibility index (Phi) is 4.65. The second kappa shape index (κ2) is 7.04. The van der Waals surface area contributed by atoms with E-state index < -0.39 is 0 Å². The molecular weight excluding hydrogens is 309 g/mol. The highest BCUT2D eigenvalue weighted by Crippen LogP contribution is 2.17. The maximum Gasteiger partial charge on any atom is 0.251 e. The third-order valence-electron chi connectivity index (χ3n) is 3.54. The van der Waals surface area contributed by atoms with Crippen molar-refractivity contribution < 1.29 is 13.7 Å². The van der Waals surface area contributed by atoms with Crippen LogP contribution in [0.1, 0.15) is 28.7 Å². The van der Waals surface area contributed by atoms with Crippen molar-refractivity contribution in [2.45, 2.75) is 19.9 Å². The highest BCUT2D eigenvalue weighted by molar-refractivity contribution is 5.94. The number of nitrogens with zero attached hydrogens (tertiary/aromatic N) is 2. The summed E-state index contributed by atoms with van der Waals surface area (Å²) in [6, 6.07) is 13.0. The molecule has 3 rings (SSSR count). The fourth-order valence-corrected chi connectivity index (χ4v) is 2.17. The van der Waals surface area contributed by atoms with E-state index in [1.807, 2.05) is 6.92 Å². The zero-order chi connectivity index (χ0) is 16.9. The van der Waals surface area contributed by atoms with Gasteiger partial charge in [0.15, 0.2) is 0 Å². The number of halogens is 1. The third-order valence-corrected chi connectivity index (χ3v) is 3.54. The van der Waals surface area contributed by atoms with E-state index in [0.29, 0.717) is 30.2 Å². The van der Waals surface area contributed by atoms with Gasteiger partial charge in [0.1, 0.15) is 5.82 Å². The molecule has 0 aliphatic carbocycles. The predicted octanol–water partition coefficient (Wildman–Crippen LogP) is 3.37. The van der Waals surface area contributed by atoms with E-state index >= 15 is 0 Å². The molecule has 0 radical (unpaired) electrons. The van der Waals surface area contributed by atoms with Crippen LogP contribution in [-0.4, -0.2) is 16.0 Å². The van der Waals surface area contributed by atoms with Gasteiger partial charge in [0.25, 0.3) is 5.91 Å². The Bertz CT molecular complexity index is 826. The molecule has 1 heterocycles. The summed E-state index contributed by atoms with van der Waals surface area (Å²) in [6.45, 7) is 2.28. The molecule has 0 aliphatic rings. The molecule has 24 heavy (non-hydrogen) atoms. The van der Waals surface area contributed by atoms with Crippen LogP contribution < -0.4 is 5.32 Å². The number of hydrogen-bond acceptors (Lipinski definition) is 4. The molecule has 2 aromatic carbocycles. The van der Waals surface area contributed by atoms with E-state index in [2.05, 4.69) is 15.5 Å². The summed E-state index contributed by atoms with van der Waals surface area (Å²) in [5.41, 5.74) is 2.15. The van der Waals surface area contributed by atoms with Crippen LogP contribution in [-0.2, 0) is 13.0 Å². The Hall–Kier alpha value is -3.02. The first-order valence-electron chi connectivity index (χ1n) is 7.61. The maximum absolute atomic E-state index is 12.8. The number of aromatic nitrogens is 2. The van der Waals surface area contributed by atoms with Crippen LogP contribution in [0.15, 0.2) is 53.1 Å². The quantitative estimate of drug-likeness (QED) is 0.781. The number of nitrogens with one attached hydrogen (secondary N) is 1. The van der Waals surface area contributed by atoms with Crippen LogP contribution in [0.5, 0.6) is 0 Å². The van der Waals surface area contributed by atoms with Gasteiger partial charge in [-0.25, -0.2) is 4.39 Å². The molecule has 0 bridgehead atoms. The van der Waals surface area contributed by atoms with Crippen molar-refractivity contribution in [1.82, 2.24) is 15.5 Å².